The highest BCUT2D eigenvalue weighted by atomic mass is 16.1. The number of carbonyl (C=O) groups excluding carboxylic acids is 1. The molecular formula is C20H28N4O. The molecule has 0 spiro atoms. The molecule has 1 fully saturated rings. The summed E-state index contributed by atoms with van der Waals surface area (Å²) in [5.41, 5.74) is 6.70. The number of hydrogen-bond donors (Lipinski definition) is 1. The number of aromatic nitrogens is 3. The van der Waals surface area contributed by atoms with Crippen molar-refractivity contribution in [3.8, 4) is 0 Å². The quantitative estimate of drug-likeness (QED) is 0.923. The van der Waals surface area contributed by atoms with Gasteiger partial charge in [-0.25, -0.2) is 0 Å². The summed E-state index contributed by atoms with van der Waals surface area (Å²) in [6.07, 6.45) is 2.57. The summed E-state index contributed by atoms with van der Waals surface area (Å²) in [6.45, 7) is 11.2. The Balaban J connectivity index is 1.87. The van der Waals surface area contributed by atoms with E-state index in [4.69, 9.17) is 10.1 Å². The predicted octanol–water partition coefficient (Wildman–Crippen LogP) is 3.72. The zero-order valence-corrected chi connectivity index (χ0v) is 15.9. The van der Waals surface area contributed by atoms with E-state index in [-0.39, 0.29) is 11.9 Å². The first-order valence-electron chi connectivity index (χ1n) is 9.16. The standard InChI is InChI=1S/C20H28N4O/c1-12(2)17-10-9-16(13(3)21-17)11-24-15(5)20(14(4)23-24)18-7-6-8-19(25)22-18/h9-10,12,18H,6-8,11H2,1-5H3,(H,22,25). The van der Waals surface area contributed by atoms with Crippen LogP contribution in [0.2, 0.25) is 0 Å². The Labute approximate surface area is 149 Å². The molecule has 25 heavy (non-hydrogen) atoms. The fourth-order valence-electron chi connectivity index (χ4n) is 3.65. The highest BCUT2D eigenvalue weighted by Crippen LogP contribution is 2.29. The molecule has 1 saturated heterocycles. The summed E-state index contributed by atoms with van der Waals surface area (Å²) in [5, 5.41) is 7.86. The number of pyridine rings is 1. The molecule has 1 N–H and O–H groups in total. The molecule has 0 aromatic carbocycles. The first-order valence-corrected chi connectivity index (χ1v) is 9.16. The molecule has 2 aromatic rings. The minimum atomic E-state index is 0.0949. The van der Waals surface area contributed by atoms with Crippen LogP contribution in [-0.4, -0.2) is 20.7 Å². The van der Waals surface area contributed by atoms with Crippen molar-refractivity contribution in [2.75, 3.05) is 0 Å². The van der Waals surface area contributed by atoms with Gasteiger partial charge in [0.25, 0.3) is 0 Å². The van der Waals surface area contributed by atoms with E-state index in [2.05, 4.69) is 45.1 Å². The smallest absolute Gasteiger partial charge is 0.220 e. The molecule has 1 aliphatic rings. The molecule has 0 saturated carbocycles. The molecule has 1 amide bonds. The maximum Gasteiger partial charge on any atom is 0.220 e. The molecule has 3 heterocycles. The van der Waals surface area contributed by atoms with E-state index in [0.29, 0.717) is 18.9 Å². The van der Waals surface area contributed by atoms with Gasteiger partial charge < -0.3 is 5.32 Å². The van der Waals surface area contributed by atoms with E-state index in [1.54, 1.807) is 0 Å². The van der Waals surface area contributed by atoms with Gasteiger partial charge in [-0.15, -0.1) is 0 Å². The van der Waals surface area contributed by atoms with Gasteiger partial charge in [-0.3, -0.25) is 14.5 Å². The third-order valence-electron chi connectivity index (χ3n) is 5.15. The number of rotatable bonds is 4. The van der Waals surface area contributed by atoms with Crippen LogP contribution in [0, 0.1) is 20.8 Å². The van der Waals surface area contributed by atoms with Crippen LogP contribution in [0.3, 0.4) is 0 Å². The van der Waals surface area contributed by atoms with E-state index >= 15 is 0 Å². The molecule has 1 unspecified atom stereocenters. The summed E-state index contributed by atoms with van der Waals surface area (Å²) in [5.74, 6) is 0.579. The summed E-state index contributed by atoms with van der Waals surface area (Å²) < 4.78 is 2.05. The molecule has 0 aliphatic carbocycles. The van der Waals surface area contributed by atoms with E-state index in [0.717, 1.165) is 35.6 Å². The summed E-state index contributed by atoms with van der Waals surface area (Å²) >= 11 is 0. The second-order valence-electron chi connectivity index (χ2n) is 7.39. The summed E-state index contributed by atoms with van der Waals surface area (Å²) in [4.78, 5) is 16.5. The van der Waals surface area contributed by atoms with Crippen molar-refractivity contribution in [2.45, 2.75) is 72.4 Å². The molecule has 1 aliphatic heterocycles. The second kappa shape index (κ2) is 6.98. The second-order valence-corrected chi connectivity index (χ2v) is 7.39. The van der Waals surface area contributed by atoms with Gasteiger partial charge in [-0.2, -0.15) is 5.10 Å². The Bertz CT molecular complexity index is 791. The van der Waals surface area contributed by atoms with Crippen molar-refractivity contribution >= 4 is 5.91 Å². The fraction of sp³-hybridized carbons (Fsp3) is 0.550. The lowest BCUT2D eigenvalue weighted by molar-refractivity contribution is -0.123. The number of hydrogen-bond acceptors (Lipinski definition) is 3. The lowest BCUT2D eigenvalue weighted by Crippen LogP contribution is -2.33. The number of nitrogens with one attached hydrogen (secondary N) is 1. The largest absolute Gasteiger partial charge is 0.349 e. The number of nitrogens with zero attached hydrogens (tertiary/aromatic N) is 3. The normalized spacial score (nSPS) is 17.8. The zero-order valence-electron chi connectivity index (χ0n) is 15.9. The van der Waals surface area contributed by atoms with Crippen LogP contribution in [0.1, 0.15) is 79.0 Å². The van der Waals surface area contributed by atoms with Crippen LogP contribution in [-0.2, 0) is 11.3 Å². The van der Waals surface area contributed by atoms with Gasteiger partial charge in [0.15, 0.2) is 0 Å². The van der Waals surface area contributed by atoms with Gasteiger partial charge in [0.1, 0.15) is 0 Å². The Morgan fingerprint density at radius 2 is 2.00 bits per heavy atom. The fourth-order valence-corrected chi connectivity index (χ4v) is 3.65. The highest BCUT2D eigenvalue weighted by Gasteiger charge is 2.25. The maximum absolute atomic E-state index is 11.8. The van der Waals surface area contributed by atoms with Crippen molar-refractivity contribution in [3.05, 3.63) is 46.0 Å². The number of piperidine rings is 1. The third-order valence-corrected chi connectivity index (χ3v) is 5.15. The Morgan fingerprint density at radius 3 is 2.64 bits per heavy atom. The van der Waals surface area contributed by atoms with E-state index < -0.39 is 0 Å². The SMILES string of the molecule is Cc1nc(C(C)C)ccc1Cn1nc(C)c(C2CCCC(=O)N2)c1C. The van der Waals surface area contributed by atoms with E-state index in [1.807, 2.05) is 11.6 Å². The van der Waals surface area contributed by atoms with Crippen LogP contribution in [0.4, 0.5) is 0 Å². The molecule has 0 radical (unpaired) electrons. The first-order chi connectivity index (χ1) is 11.9. The Morgan fingerprint density at radius 1 is 1.24 bits per heavy atom. The maximum atomic E-state index is 11.8. The monoisotopic (exact) mass is 340 g/mol. The van der Waals surface area contributed by atoms with Gasteiger partial charge in [-0.05, 0) is 51.2 Å². The van der Waals surface area contributed by atoms with Gasteiger partial charge in [0.2, 0.25) is 5.91 Å². The zero-order chi connectivity index (χ0) is 18.1. The summed E-state index contributed by atoms with van der Waals surface area (Å²) in [7, 11) is 0. The summed E-state index contributed by atoms with van der Waals surface area (Å²) in [6, 6.07) is 4.37. The van der Waals surface area contributed by atoms with Crippen molar-refractivity contribution in [3.63, 3.8) is 0 Å². The molecular weight excluding hydrogens is 312 g/mol. The molecule has 134 valence electrons. The molecule has 2 aromatic heterocycles. The lowest BCUT2D eigenvalue weighted by Gasteiger charge is -2.24. The van der Waals surface area contributed by atoms with E-state index in [1.165, 1.54) is 11.1 Å². The van der Waals surface area contributed by atoms with Crippen LogP contribution >= 0.6 is 0 Å². The van der Waals surface area contributed by atoms with Crippen molar-refractivity contribution in [1.82, 2.24) is 20.1 Å². The van der Waals surface area contributed by atoms with Crippen LogP contribution < -0.4 is 5.32 Å². The Hall–Kier alpha value is -2.17. The van der Waals surface area contributed by atoms with Gasteiger partial charge in [0.05, 0.1) is 18.3 Å². The molecule has 3 rings (SSSR count). The van der Waals surface area contributed by atoms with Gasteiger partial charge >= 0.3 is 0 Å². The molecule has 5 heteroatoms. The lowest BCUT2D eigenvalue weighted by atomic mass is 9.96. The highest BCUT2D eigenvalue weighted by molar-refractivity contribution is 5.77. The average molecular weight is 340 g/mol. The van der Waals surface area contributed by atoms with Crippen molar-refractivity contribution in [2.24, 2.45) is 0 Å². The predicted molar refractivity (Wildman–Crippen MR) is 98.6 cm³/mol. The molecule has 5 nitrogen and oxygen atoms in total. The van der Waals surface area contributed by atoms with Crippen LogP contribution in [0.15, 0.2) is 12.1 Å². The first kappa shape index (κ1) is 17.6. The van der Waals surface area contributed by atoms with Crippen molar-refractivity contribution in [1.29, 1.82) is 0 Å². The topological polar surface area (TPSA) is 59.8 Å². The number of carbonyl (C=O) groups is 1. The minimum Gasteiger partial charge on any atom is -0.349 e. The van der Waals surface area contributed by atoms with Gasteiger partial charge in [0, 0.05) is 29.1 Å². The Kier molecular flexibility index (Phi) is 4.93. The van der Waals surface area contributed by atoms with Gasteiger partial charge in [-0.1, -0.05) is 19.9 Å². The van der Waals surface area contributed by atoms with E-state index in [9.17, 15) is 4.79 Å². The average Bonchev–Trinajstić information content (AvgIpc) is 2.83. The van der Waals surface area contributed by atoms with Crippen LogP contribution in [0.25, 0.3) is 0 Å². The van der Waals surface area contributed by atoms with Crippen LogP contribution in [0.5, 0.6) is 0 Å². The number of aryl methyl sites for hydroxylation is 2. The molecule has 0 bridgehead atoms. The minimum absolute atomic E-state index is 0.0949. The van der Waals surface area contributed by atoms with Crippen molar-refractivity contribution < 1.29 is 4.79 Å². The number of amides is 1. The molecule has 1 atom stereocenters. The third kappa shape index (κ3) is 3.60.